The molecule has 4 nitrogen and oxygen atoms in total. The molecule has 0 N–H and O–H groups in total. The molecular weight excluding hydrogens is 354 g/mol. The van der Waals surface area contributed by atoms with Crippen LogP contribution in [0.25, 0.3) is 17.3 Å². The van der Waals surface area contributed by atoms with Gasteiger partial charge < -0.3 is 0 Å². The van der Waals surface area contributed by atoms with Gasteiger partial charge >= 0.3 is 0 Å². The number of nitriles is 2. The number of rotatable bonds is 3. The summed E-state index contributed by atoms with van der Waals surface area (Å²) >= 11 is 1.17. The number of thiazole rings is 1. The maximum atomic E-state index is 13.2. The summed E-state index contributed by atoms with van der Waals surface area (Å²) < 4.78 is 2.35. The van der Waals surface area contributed by atoms with Gasteiger partial charge in [0.1, 0.15) is 16.8 Å². The average Bonchev–Trinajstić information content (AvgIpc) is 2.99. The number of aryl methyl sites for hydroxylation is 2. The Hall–Kier alpha value is -3.41. The molecule has 0 aliphatic heterocycles. The number of aromatic nitrogens is 1. The molecule has 3 rings (SSSR count). The van der Waals surface area contributed by atoms with Gasteiger partial charge in [-0.25, -0.2) is 0 Å². The summed E-state index contributed by atoms with van der Waals surface area (Å²) in [6, 6.07) is 19.2. The molecule has 0 fully saturated rings. The van der Waals surface area contributed by atoms with Crippen LogP contribution >= 0.6 is 11.3 Å². The van der Waals surface area contributed by atoms with Crippen molar-refractivity contribution in [2.75, 3.05) is 0 Å². The minimum Gasteiger partial charge on any atom is -0.267 e. The van der Waals surface area contributed by atoms with E-state index in [1.807, 2.05) is 74.5 Å². The zero-order valence-electron chi connectivity index (χ0n) is 15.1. The molecule has 132 valence electrons. The maximum absolute atomic E-state index is 13.2. The van der Waals surface area contributed by atoms with Crippen LogP contribution in [0.3, 0.4) is 0 Å². The SMILES string of the molecule is CCc1ccccc1-n1c(=C(C#N)C#N)s/c(=C/c2cccc(C)c2)c1=O. The van der Waals surface area contributed by atoms with Gasteiger partial charge in [-0.15, -0.1) is 11.3 Å². The molecule has 2 aromatic carbocycles. The summed E-state index contributed by atoms with van der Waals surface area (Å²) in [5.74, 6) is 0. The second kappa shape index (κ2) is 7.86. The van der Waals surface area contributed by atoms with Crippen molar-refractivity contribution < 1.29 is 0 Å². The van der Waals surface area contributed by atoms with Crippen LogP contribution in [0.4, 0.5) is 0 Å². The molecule has 0 bridgehead atoms. The maximum Gasteiger partial charge on any atom is 0.273 e. The van der Waals surface area contributed by atoms with Gasteiger partial charge in [0, 0.05) is 0 Å². The highest BCUT2D eigenvalue weighted by Crippen LogP contribution is 2.12. The van der Waals surface area contributed by atoms with Crippen LogP contribution in [0, 0.1) is 29.6 Å². The summed E-state index contributed by atoms with van der Waals surface area (Å²) in [7, 11) is 0. The molecule has 3 aromatic rings. The Kier molecular flexibility index (Phi) is 5.35. The van der Waals surface area contributed by atoms with Crippen LogP contribution in [-0.2, 0) is 6.42 Å². The van der Waals surface area contributed by atoms with Gasteiger partial charge in [-0.3, -0.25) is 9.36 Å². The van der Waals surface area contributed by atoms with Crippen LogP contribution < -0.4 is 14.8 Å². The molecule has 0 radical (unpaired) electrons. The average molecular weight is 371 g/mol. The van der Waals surface area contributed by atoms with Crippen molar-refractivity contribution >= 4 is 23.0 Å². The summed E-state index contributed by atoms with van der Waals surface area (Å²) in [5, 5.41) is 18.8. The molecule has 0 saturated heterocycles. The van der Waals surface area contributed by atoms with Crippen molar-refractivity contribution in [3.05, 3.63) is 84.8 Å². The number of para-hydroxylation sites is 1. The van der Waals surface area contributed by atoms with Crippen molar-refractivity contribution in [1.29, 1.82) is 10.5 Å². The third kappa shape index (κ3) is 3.60. The lowest BCUT2D eigenvalue weighted by molar-refractivity contribution is 0.953. The van der Waals surface area contributed by atoms with Gasteiger partial charge in [-0.1, -0.05) is 55.0 Å². The number of benzene rings is 2. The fraction of sp³-hybridized carbons (Fsp3) is 0.136. The second-order valence-corrected chi connectivity index (χ2v) is 7.08. The minimum atomic E-state index is -0.222. The predicted octanol–water partition coefficient (Wildman–Crippen LogP) is 2.80. The van der Waals surface area contributed by atoms with Gasteiger partial charge in [0.05, 0.1) is 10.2 Å². The normalized spacial score (nSPS) is 11.0. The summed E-state index contributed by atoms with van der Waals surface area (Å²) in [5.41, 5.74) is 3.41. The third-order valence-electron chi connectivity index (χ3n) is 4.21. The second-order valence-electron chi connectivity index (χ2n) is 6.05. The first-order valence-electron chi connectivity index (χ1n) is 8.52. The first-order chi connectivity index (χ1) is 13.1. The van der Waals surface area contributed by atoms with E-state index in [0.29, 0.717) is 14.9 Å². The number of hydrogen-bond donors (Lipinski definition) is 0. The van der Waals surface area contributed by atoms with Crippen LogP contribution in [0.5, 0.6) is 0 Å². The molecule has 0 saturated carbocycles. The molecular formula is C22H17N3OS. The molecule has 0 aliphatic rings. The Balaban J connectivity index is 2.43. The van der Waals surface area contributed by atoms with Crippen LogP contribution in [0.1, 0.15) is 23.6 Å². The van der Waals surface area contributed by atoms with Gasteiger partial charge in [-0.05, 0) is 36.6 Å². The molecule has 5 heteroatoms. The van der Waals surface area contributed by atoms with Crippen molar-refractivity contribution in [3.63, 3.8) is 0 Å². The third-order valence-corrected chi connectivity index (χ3v) is 5.31. The zero-order chi connectivity index (χ0) is 19.4. The van der Waals surface area contributed by atoms with Gasteiger partial charge in [0.15, 0.2) is 5.57 Å². The molecule has 0 aliphatic carbocycles. The lowest BCUT2D eigenvalue weighted by Gasteiger charge is -2.08. The topological polar surface area (TPSA) is 69.6 Å². The Morgan fingerprint density at radius 2 is 1.89 bits per heavy atom. The highest BCUT2D eigenvalue weighted by molar-refractivity contribution is 7.07. The Morgan fingerprint density at radius 3 is 2.56 bits per heavy atom. The molecule has 27 heavy (non-hydrogen) atoms. The fourth-order valence-corrected chi connectivity index (χ4v) is 3.98. The molecule has 0 spiro atoms. The molecule has 1 aromatic heterocycles. The highest BCUT2D eigenvalue weighted by Gasteiger charge is 2.13. The Labute approximate surface area is 161 Å². The number of nitrogens with zero attached hydrogens (tertiary/aromatic N) is 3. The molecule has 1 heterocycles. The zero-order valence-corrected chi connectivity index (χ0v) is 15.9. The lowest BCUT2D eigenvalue weighted by Crippen LogP contribution is -2.31. The smallest absolute Gasteiger partial charge is 0.267 e. The summed E-state index contributed by atoms with van der Waals surface area (Å²) in [4.78, 5) is 13.2. The largest absolute Gasteiger partial charge is 0.273 e. The number of hydrogen-bond acceptors (Lipinski definition) is 4. The summed E-state index contributed by atoms with van der Waals surface area (Å²) in [6.07, 6.45) is 2.55. The van der Waals surface area contributed by atoms with E-state index in [-0.39, 0.29) is 11.1 Å². The van der Waals surface area contributed by atoms with E-state index in [0.717, 1.165) is 23.1 Å². The highest BCUT2D eigenvalue weighted by atomic mass is 32.1. The lowest BCUT2D eigenvalue weighted by atomic mass is 10.1. The quantitative estimate of drug-likeness (QED) is 0.711. The standard InChI is InChI=1S/C22H17N3OS/c1-3-17-9-4-5-10-19(17)25-21(26)20(27-22(25)18(13-23)14-24)12-16-8-6-7-15(2)11-16/h4-12H,3H2,1-2H3/b20-12+. The monoisotopic (exact) mass is 371 g/mol. The van der Waals surface area contributed by atoms with E-state index in [9.17, 15) is 15.3 Å². The van der Waals surface area contributed by atoms with Crippen molar-refractivity contribution in [2.45, 2.75) is 20.3 Å². The van der Waals surface area contributed by atoms with Crippen molar-refractivity contribution in [2.24, 2.45) is 0 Å². The Morgan fingerprint density at radius 1 is 1.15 bits per heavy atom. The van der Waals surface area contributed by atoms with Crippen molar-refractivity contribution in [1.82, 2.24) is 4.57 Å². The molecule has 0 unspecified atom stereocenters. The van der Waals surface area contributed by atoms with E-state index < -0.39 is 0 Å². The van der Waals surface area contributed by atoms with Gasteiger partial charge in [0.2, 0.25) is 0 Å². The predicted molar refractivity (Wildman–Crippen MR) is 108 cm³/mol. The van der Waals surface area contributed by atoms with Crippen LogP contribution in [0.2, 0.25) is 0 Å². The van der Waals surface area contributed by atoms with Gasteiger partial charge in [-0.2, -0.15) is 10.5 Å². The first kappa shape index (κ1) is 18.4. The van der Waals surface area contributed by atoms with E-state index in [1.54, 1.807) is 6.08 Å². The minimum absolute atomic E-state index is 0.0631. The van der Waals surface area contributed by atoms with Crippen molar-refractivity contribution in [3.8, 4) is 17.8 Å². The molecule has 0 amide bonds. The van der Waals surface area contributed by atoms with E-state index in [1.165, 1.54) is 15.9 Å². The fourth-order valence-electron chi connectivity index (χ4n) is 2.93. The molecule has 0 atom stereocenters. The van der Waals surface area contributed by atoms with Crippen LogP contribution in [-0.4, -0.2) is 4.57 Å². The Bertz CT molecular complexity index is 1250. The van der Waals surface area contributed by atoms with E-state index in [4.69, 9.17) is 0 Å². The van der Waals surface area contributed by atoms with Crippen LogP contribution in [0.15, 0.2) is 53.3 Å². The summed E-state index contributed by atoms with van der Waals surface area (Å²) in [6.45, 7) is 4.00. The van der Waals surface area contributed by atoms with E-state index in [2.05, 4.69) is 0 Å². The van der Waals surface area contributed by atoms with Gasteiger partial charge in [0.25, 0.3) is 5.56 Å². The van der Waals surface area contributed by atoms with E-state index >= 15 is 0 Å². The first-order valence-corrected chi connectivity index (χ1v) is 9.33.